The second kappa shape index (κ2) is 6.51. The number of hydrogen-bond donors (Lipinski definition) is 1. The van der Waals surface area contributed by atoms with Gasteiger partial charge in [-0.15, -0.1) is 0 Å². The van der Waals surface area contributed by atoms with E-state index in [9.17, 15) is 0 Å². The van der Waals surface area contributed by atoms with E-state index in [1.165, 1.54) is 70.0 Å². The van der Waals surface area contributed by atoms with Gasteiger partial charge in [-0.25, -0.2) is 0 Å². The standard InChI is InChI=1S/C18H31N3/c1-3-17(4-2)21-12-9-16(20-21)13-18(10-5-6-11-18)14-19-15-7-8-15/h9,12,15,17,19H,3-8,10-11,13-14H2,1-2H3. The van der Waals surface area contributed by atoms with Gasteiger partial charge in [0.15, 0.2) is 0 Å². The van der Waals surface area contributed by atoms with Crippen molar-refractivity contribution in [1.82, 2.24) is 15.1 Å². The normalized spacial score (nSPS) is 21.3. The second-order valence-corrected chi connectivity index (χ2v) is 7.30. The van der Waals surface area contributed by atoms with E-state index in [-0.39, 0.29) is 0 Å². The molecule has 1 aromatic heterocycles. The minimum absolute atomic E-state index is 0.482. The Bertz CT molecular complexity index is 437. The van der Waals surface area contributed by atoms with Crippen LogP contribution in [0.1, 0.15) is 76.9 Å². The van der Waals surface area contributed by atoms with Gasteiger partial charge in [-0.2, -0.15) is 5.10 Å². The highest BCUT2D eigenvalue weighted by molar-refractivity contribution is 5.06. The number of aromatic nitrogens is 2. The number of nitrogens with zero attached hydrogens (tertiary/aromatic N) is 2. The van der Waals surface area contributed by atoms with Crippen molar-refractivity contribution in [1.29, 1.82) is 0 Å². The highest BCUT2D eigenvalue weighted by Gasteiger charge is 2.36. The molecule has 3 heteroatoms. The second-order valence-electron chi connectivity index (χ2n) is 7.30. The van der Waals surface area contributed by atoms with E-state index in [2.05, 4.69) is 36.1 Å². The highest BCUT2D eigenvalue weighted by Crippen LogP contribution is 2.41. The zero-order valence-electron chi connectivity index (χ0n) is 13.8. The minimum atomic E-state index is 0.482. The third-order valence-corrected chi connectivity index (χ3v) is 5.54. The minimum Gasteiger partial charge on any atom is -0.313 e. The van der Waals surface area contributed by atoms with E-state index in [4.69, 9.17) is 5.10 Å². The molecule has 21 heavy (non-hydrogen) atoms. The monoisotopic (exact) mass is 289 g/mol. The Morgan fingerprint density at radius 1 is 1.29 bits per heavy atom. The van der Waals surface area contributed by atoms with E-state index < -0.39 is 0 Å². The average Bonchev–Trinajstić information content (AvgIpc) is 3.04. The van der Waals surface area contributed by atoms with Crippen LogP contribution in [0.3, 0.4) is 0 Å². The Balaban J connectivity index is 1.64. The quantitative estimate of drug-likeness (QED) is 0.781. The molecule has 0 bridgehead atoms. The van der Waals surface area contributed by atoms with Gasteiger partial charge in [0.2, 0.25) is 0 Å². The molecule has 0 atom stereocenters. The lowest BCUT2D eigenvalue weighted by Gasteiger charge is -2.29. The lowest BCUT2D eigenvalue weighted by atomic mass is 9.81. The fourth-order valence-electron chi connectivity index (χ4n) is 3.91. The summed E-state index contributed by atoms with van der Waals surface area (Å²) in [5.41, 5.74) is 1.79. The van der Waals surface area contributed by atoms with Crippen LogP contribution < -0.4 is 5.32 Å². The summed E-state index contributed by atoms with van der Waals surface area (Å²) in [7, 11) is 0. The van der Waals surface area contributed by atoms with Gasteiger partial charge in [-0.1, -0.05) is 26.7 Å². The van der Waals surface area contributed by atoms with Gasteiger partial charge in [0, 0.05) is 18.8 Å². The maximum atomic E-state index is 4.89. The van der Waals surface area contributed by atoms with Crippen LogP contribution >= 0.6 is 0 Å². The first-order chi connectivity index (χ1) is 10.2. The fraction of sp³-hybridized carbons (Fsp3) is 0.833. The average molecular weight is 289 g/mol. The first-order valence-electron chi connectivity index (χ1n) is 9.02. The molecule has 2 aliphatic carbocycles. The third-order valence-electron chi connectivity index (χ3n) is 5.54. The Hall–Kier alpha value is -0.830. The number of nitrogens with one attached hydrogen (secondary N) is 1. The molecule has 1 heterocycles. The van der Waals surface area contributed by atoms with Gasteiger partial charge in [0.1, 0.15) is 0 Å². The van der Waals surface area contributed by atoms with Gasteiger partial charge >= 0.3 is 0 Å². The molecule has 0 unspecified atom stereocenters. The maximum absolute atomic E-state index is 4.89. The predicted molar refractivity (Wildman–Crippen MR) is 87.5 cm³/mol. The van der Waals surface area contributed by atoms with Crippen LogP contribution in [0.4, 0.5) is 0 Å². The largest absolute Gasteiger partial charge is 0.313 e. The molecule has 1 N–H and O–H groups in total. The summed E-state index contributed by atoms with van der Waals surface area (Å²) in [6.07, 6.45) is 14.1. The number of rotatable bonds is 8. The van der Waals surface area contributed by atoms with Crippen molar-refractivity contribution in [3.05, 3.63) is 18.0 Å². The molecule has 0 aliphatic heterocycles. The van der Waals surface area contributed by atoms with Crippen molar-refractivity contribution in [3.63, 3.8) is 0 Å². The first kappa shape index (κ1) is 15.1. The summed E-state index contributed by atoms with van der Waals surface area (Å²) in [6.45, 7) is 5.72. The molecule has 3 rings (SSSR count). The Morgan fingerprint density at radius 2 is 2.00 bits per heavy atom. The van der Waals surface area contributed by atoms with Crippen LogP contribution in [0, 0.1) is 5.41 Å². The Morgan fingerprint density at radius 3 is 2.62 bits per heavy atom. The zero-order chi connectivity index (χ0) is 14.7. The summed E-state index contributed by atoms with van der Waals surface area (Å²) in [6, 6.07) is 3.66. The maximum Gasteiger partial charge on any atom is 0.0630 e. The summed E-state index contributed by atoms with van der Waals surface area (Å²) in [4.78, 5) is 0. The van der Waals surface area contributed by atoms with Crippen molar-refractivity contribution < 1.29 is 0 Å². The highest BCUT2D eigenvalue weighted by atomic mass is 15.3. The van der Waals surface area contributed by atoms with Crippen LogP contribution in [0.5, 0.6) is 0 Å². The van der Waals surface area contributed by atoms with Gasteiger partial charge in [0.25, 0.3) is 0 Å². The Kier molecular flexibility index (Phi) is 4.68. The predicted octanol–water partition coefficient (Wildman–Crippen LogP) is 4.10. The lowest BCUT2D eigenvalue weighted by Crippen LogP contribution is -2.35. The van der Waals surface area contributed by atoms with E-state index in [0.717, 1.165) is 6.04 Å². The molecular weight excluding hydrogens is 258 g/mol. The van der Waals surface area contributed by atoms with Crippen LogP contribution in [0.25, 0.3) is 0 Å². The van der Waals surface area contributed by atoms with Gasteiger partial charge in [-0.05, 0) is 56.4 Å². The molecule has 2 saturated carbocycles. The van der Waals surface area contributed by atoms with Gasteiger partial charge in [0.05, 0.1) is 11.7 Å². The molecule has 0 saturated heterocycles. The van der Waals surface area contributed by atoms with Crippen molar-refractivity contribution in [2.45, 2.75) is 83.7 Å². The SMILES string of the molecule is CCC(CC)n1ccc(CC2(CNC3CC3)CCCC2)n1. The molecule has 0 radical (unpaired) electrons. The van der Waals surface area contributed by atoms with E-state index >= 15 is 0 Å². The summed E-state index contributed by atoms with van der Waals surface area (Å²) < 4.78 is 2.20. The molecule has 3 nitrogen and oxygen atoms in total. The Labute approximate surface area is 129 Å². The van der Waals surface area contributed by atoms with E-state index in [1.54, 1.807) is 0 Å². The van der Waals surface area contributed by atoms with Crippen molar-refractivity contribution in [2.75, 3.05) is 6.54 Å². The molecule has 0 spiro atoms. The number of hydrogen-bond acceptors (Lipinski definition) is 2. The first-order valence-corrected chi connectivity index (χ1v) is 9.02. The zero-order valence-corrected chi connectivity index (χ0v) is 13.8. The van der Waals surface area contributed by atoms with Crippen molar-refractivity contribution in [2.24, 2.45) is 5.41 Å². The summed E-state index contributed by atoms with van der Waals surface area (Å²) >= 11 is 0. The molecule has 2 fully saturated rings. The lowest BCUT2D eigenvalue weighted by molar-refractivity contribution is 0.272. The molecule has 1 aromatic rings. The van der Waals surface area contributed by atoms with E-state index in [0.29, 0.717) is 11.5 Å². The summed E-state index contributed by atoms with van der Waals surface area (Å²) in [5, 5.41) is 8.67. The summed E-state index contributed by atoms with van der Waals surface area (Å²) in [5.74, 6) is 0. The van der Waals surface area contributed by atoms with Crippen molar-refractivity contribution >= 4 is 0 Å². The molecule has 0 aromatic carbocycles. The molecule has 0 amide bonds. The van der Waals surface area contributed by atoms with Crippen LogP contribution in [0.15, 0.2) is 12.3 Å². The van der Waals surface area contributed by atoms with Crippen LogP contribution in [-0.2, 0) is 6.42 Å². The molecule has 2 aliphatic rings. The van der Waals surface area contributed by atoms with Crippen molar-refractivity contribution in [3.8, 4) is 0 Å². The van der Waals surface area contributed by atoms with Crippen LogP contribution in [-0.4, -0.2) is 22.4 Å². The smallest absolute Gasteiger partial charge is 0.0630 e. The molecule has 118 valence electrons. The topological polar surface area (TPSA) is 29.9 Å². The fourth-order valence-corrected chi connectivity index (χ4v) is 3.91. The van der Waals surface area contributed by atoms with E-state index in [1.807, 2.05) is 0 Å². The third kappa shape index (κ3) is 3.68. The van der Waals surface area contributed by atoms with Gasteiger partial charge < -0.3 is 5.32 Å². The molecular formula is C18H31N3. The van der Waals surface area contributed by atoms with Gasteiger partial charge in [-0.3, -0.25) is 4.68 Å². The van der Waals surface area contributed by atoms with Crippen LogP contribution in [0.2, 0.25) is 0 Å².